The second-order valence-electron chi connectivity index (χ2n) is 8.09. The Kier molecular flexibility index (Phi) is 6.06. The summed E-state index contributed by atoms with van der Waals surface area (Å²) < 4.78 is 27.5. The fraction of sp³-hybridized carbons (Fsp3) is 0.435. The van der Waals surface area contributed by atoms with Crippen LogP contribution in [0.5, 0.6) is 0 Å². The third-order valence-electron chi connectivity index (χ3n) is 5.52. The number of Topliss-reactive ketones (excluding diaryl/α,β-unsaturated/α-hetero) is 1. The first-order valence-corrected chi connectivity index (χ1v) is 11.3. The predicted octanol–water partition coefficient (Wildman–Crippen LogP) is 4.13. The SMILES string of the molecule is Cc1cc(C)cc(CC(=O)C2CCN(S(=O)(=O)c3ccc(C)cc3C)CC2)c1. The summed E-state index contributed by atoms with van der Waals surface area (Å²) in [7, 11) is -3.51. The zero-order valence-corrected chi connectivity index (χ0v) is 18.0. The molecule has 0 unspecified atom stereocenters. The number of benzene rings is 2. The Bertz CT molecular complexity index is 967. The lowest BCUT2D eigenvalue weighted by atomic mass is 9.89. The molecule has 4 nitrogen and oxygen atoms in total. The third-order valence-corrected chi connectivity index (χ3v) is 7.58. The van der Waals surface area contributed by atoms with Gasteiger partial charge >= 0.3 is 0 Å². The molecule has 3 rings (SSSR count). The van der Waals surface area contributed by atoms with Gasteiger partial charge in [0.25, 0.3) is 0 Å². The molecule has 0 aliphatic carbocycles. The normalized spacial score (nSPS) is 16.3. The van der Waals surface area contributed by atoms with E-state index in [2.05, 4.69) is 18.2 Å². The van der Waals surface area contributed by atoms with Gasteiger partial charge in [-0.05, 0) is 57.7 Å². The third kappa shape index (κ3) is 4.53. The molecule has 28 heavy (non-hydrogen) atoms. The van der Waals surface area contributed by atoms with Gasteiger partial charge in [-0.2, -0.15) is 4.31 Å². The number of ketones is 1. The number of nitrogens with zero attached hydrogens (tertiary/aromatic N) is 1. The second kappa shape index (κ2) is 8.18. The van der Waals surface area contributed by atoms with E-state index < -0.39 is 10.0 Å². The molecule has 1 saturated heterocycles. The van der Waals surface area contributed by atoms with Gasteiger partial charge in [-0.15, -0.1) is 0 Å². The molecular formula is C23H29NO3S. The largest absolute Gasteiger partial charge is 0.299 e. The van der Waals surface area contributed by atoms with Gasteiger partial charge in [-0.25, -0.2) is 8.42 Å². The lowest BCUT2D eigenvalue weighted by Crippen LogP contribution is -2.40. The van der Waals surface area contributed by atoms with E-state index in [-0.39, 0.29) is 11.7 Å². The molecule has 1 aliphatic heterocycles. The Morgan fingerprint density at radius 1 is 0.929 bits per heavy atom. The van der Waals surface area contributed by atoms with E-state index in [4.69, 9.17) is 0 Å². The van der Waals surface area contributed by atoms with E-state index in [0.29, 0.717) is 37.2 Å². The minimum absolute atomic E-state index is 0.0635. The first-order chi connectivity index (χ1) is 13.2. The van der Waals surface area contributed by atoms with Crippen molar-refractivity contribution in [2.45, 2.75) is 51.9 Å². The summed E-state index contributed by atoms with van der Waals surface area (Å²) in [4.78, 5) is 13.1. The van der Waals surface area contributed by atoms with Crippen LogP contribution in [0.2, 0.25) is 0 Å². The van der Waals surface area contributed by atoms with E-state index in [0.717, 1.165) is 27.8 Å². The van der Waals surface area contributed by atoms with E-state index in [1.165, 1.54) is 4.31 Å². The van der Waals surface area contributed by atoms with Crippen LogP contribution in [0.3, 0.4) is 0 Å². The van der Waals surface area contributed by atoms with Gasteiger partial charge in [0.2, 0.25) is 10.0 Å². The van der Waals surface area contributed by atoms with Crippen LogP contribution >= 0.6 is 0 Å². The summed E-state index contributed by atoms with van der Waals surface area (Å²) in [5.74, 6) is 0.153. The van der Waals surface area contributed by atoms with Crippen LogP contribution in [0.4, 0.5) is 0 Å². The number of aryl methyl sites for hydroxylation is 4. The van der Waals surface area contributed by atoms with Gasteiger partial charge < -0.3 is 0 Å². The average Bonchev–Trinajstić information content (AvgIpc) is 2.60. The van der Waals surface area contributed by atoms with Crippen LogP contribution in [-0.4, -0.2) is 31.6 Å². The zero-order valence-electron chi connectivity index (χ0n) is 17.2. The molecule has 2 aromatic carbocycles. The molecule has 0 radical (unpaired) electrons. The number of carbonyl (C=O) groups is 1. The fourth-order valence-corrected chi connectivity index (χ4v) is 5.84. The molecule has 0 saturated carbocycles. The number of hydrogen-bond donors (Lipinski definition) is 0. The van der Waals surface area contributed by atoms with Crippen LogP contribution in [0.1, 0.15) is 40.7 Å². The van der Waals surface area contributed by atoms with Crippen LogP contribution in [0.25, 0.3) is 0 Å². The molecule has 2 aromatic rings. The molecule has 0 aromatic heterocycles. The van der Waals surface area contributed by atoms with E-state index in [9.17, 15) is 13.2 Å². The van der Waals surface area contributed by atoms with Crippen molar-refractivity contribution in [2.24, 2.45) is 5.92 Å². The minimum atomic E-state index is -3.51. The molecule has 1 heterocycles. The summed E-state index contributed by atoms with van der Waals surface area (Å²) in [6, 6.07) is 11.6. The first-order valence-electron chi connectivity index (χ1n) is 9.84. The number of hydrogen-bond acceptors (Lipinski definition) is 3. The second-order valence-corrected chi connectivity index (χ2v) is 9.99. The van der Waals surface area contributed by atoms with E-state index in [1.807, 2.05) is 39.8 Å². The Morgan fingerprint density at radius 3 is 2.11 bits per heavy atom. The van der Waals surface area contributed by atoms with Gasteiger partial charge in [0.05, 0.1) is 4.90 Å². The minimum Gasteiger partial charge on any atom is -0.299 e. The Balaban J connectivity index is 1.65. The molecule has 5 heteroatoms. The molecule has 0 N–H and O–H groups in total. The Labute approximate surface area is 168 Å². The number of piperidine rings is 1. The van der Waals surface area contributed by atoms with Crippen molar-refractivity contribution in [1.82, 2.24) is 4.31 Å². The quantitative estimate of drug-likeness (QED) is 0.759. The molecule has 0 amide bonds. The highest BCUT2D eigenvalue weighted by Crippen LogP contribution is 2.27. The summed E-state index contributed by atoms with van der Waals surface area (Å²) >= 11 is 0. The van der Waals surface area contributed by atoms with Crippen molar-refractivity contribution in [3.05, 3.63) is 64.2 Å². The van der Waals surface area contributed by atoms with E-state index >= 15 is 0 Å². The smallest absolute Gasteiger partial charge is 0.243 e. The van der Waals surface area contributed by atoms with Crippen molar-refractivity contribution in [3.8, 4) is 0 Å². The van der Waals surface area contributed by atoms with Crippen molar-refractivity contribution in [1.29, 1.82) is 0 Å². The lowest BCUT2D eigenvalue weighted by Gasteiger charge is -2.31. The summed E-state index contributed by atoms with van der Waals surface area (Å²) in [6.45, 7) is 8.67. The van der Waals surface area contributed by atoms with Gasteiger partial charge in [0, 0.05) is 25.4 Å². The molecule has 1 fully saturated rings. The highest BCUT2D eigenvalue weighted by atomic mass is 32.2. The average molecular weight is 400 g/mol. The fourth-order valence-electron chi connectivity index (χ4n) is 4.16. The maximum Gasteiger partial charge on any atom is 0.243 e. The number of carbonyl (C=O) groups excluding carboxylic acids is 1. The number of sulfonamides is 1. The monoisotopic (exact) mass is 399 g/mol. The summed E-state index contributed by atoms with van der Waals surface area (Å²) in [5.41, 5.74) is 5.20. The molecule has 0 atom stereocenters. The Hall–Kier alpha value is -1.98. The van der Waals surface area contributed by atoms with Crippen LogP contribution in [0, 0.1) is 33.6 Å². The maximum atomic E-state index is 13.0. The van der Waals surface area contributed by atoms with Gasteiger partial charge in [0.1, 0.15) is 5.78 Å². The van der Waals surface area contributed by atoms with E-state index in [1.54, 1.807) is 6.07 Å². The van der Waals surface area contributed by atoms with Crippen molar-refractivity contribution in [3.63, 3.8) is 0 Å². The highest BCUT2D eigenvalue weighted by Gasteiger charge is 2.32. The van der Waals surface area contributed by atoms with Crippen molar-refractivity contribution >= 4 is 15.8 Å². The molecule has 0 spiro atoms. The summed E-state index contributed by atoms with van der Waals surface area (Å²) in [6.07, 6.45) is 1.61. The summed E-state index contributed by atoms with van der Waals surface area (Å²) in [5, 5.41) is 0. The first kappa shape index (κ1) is 20.7. The zero-order chi connectivity index (χ0) is 20.5. The molecular weight excluding hydrogens is 370 g/mol. The van der Waals surface area contributed by atoms with Gasteiger partial charge in [0.15, 0.2) is 0 Å². The number of rotatable bonds is 5. The Morgan fingerprint density at radius 2 is 1.54 bits per heavy atom. The van der Waals surface area contributed by atoms with Crippen LogP contribution in [0.15, 0.2) is 41.3 Å². The van der Waals surface area contributed by atoms with Crippen LogP contribution in [-0.2, 0) is 21.2 Å². The standard InChI is InChI=1S/C23H29NO3S/c1-16-5-6-23(19(4)12-16)28(26,27)24-9-7-21(8-10-24)22(25)15-20-13-17(2)11-18(3)14-20/h5-6,11-14,21H,7-10,15H2,1-4H3. The highest BCUT2D eigenvalue weighted by molar-refractivity contribution is 7.89. The molecule has 1 aliphatic rings. The van der Waals surface area contributed by atoms with Gasteiger partial charge in [-0.3, -0.25) is 4.79 Å². The maximum absolute atomic E-state index is 13.0. The lowest BCUT2D eigenvalue weighted by molar-refractivity contribution is -0.123. The van der Waals surface area contributed by atoms with Crippen LogP contribution < -0.4 is 0 Å². The molecule has 0 bridgehead atoms. The predicted molar refractivity (Wildman–Crippen MR) is 112 cm³/mol. The van der Waals surface area contributed by atoms with Crippen molar-refractivity contribution < 1.29 is 13.2 Å². The topological polar surface area (TPSA) is 54.5 Å². The van der Waals surface area contributed by atoms with Crippen molar-refractivity contribution in [2.75, 3.05) is 13.1 Å². The molecule has 150 valence electrons. The van der Waals surface area contributed by atoms with Gasteiger partial charge in [-0.1, -0.05) is 47.0 Å².